The first-order valence-electron chi connectivity index (χ1n) is 5.77. The van der Waals surface area contributed by atoms with Crippen molar-refractivity contribution in [1.29, 1.82) is 0 Å². The van der Waals surface area contributed by atoms with Gasteiger partial charge in [0, 0.05) is 25.3 Å². The summed E-state index contributed by atoms with van der Waals surface area (Å²) in [4.78, 5) is 15.4. The molecule has 1 rings (SSSR count). The molecule has 1 heterocycles. The lowest BCUT2D eigenvalue weighted by molar-refractivity contribution is -0.120. The molecule has 5 heteroatoms. The van der Waals surface area contributed by atoms with Gasteiger partial charge in [0.15, 0.2) is 5.17 Å². The number of hydrogen-bond donors (Lipinski definition) is 2. The van der Waals surface area contributed by atoms with Gasteiger partial charge in [0.05, 0.1) is 6.54 Å². The molecule has 1 atom stereocenters. The van der Waals surface area contributed by atoms with Gasteiger partial charge in [-0.2, -0.15) is 0 Å². The molecule has 2 N–H and O–H groups in total. The number of aliphatic imine (C=N–C) groups is 1. The number of thioether (sulfide) groups is 1. The van der Waals surface area contributed by atoms with Crippen LogP contribution in [-0.4, -0.2) is 36.5 Å². The maximum atomic E-state index is 11.0. The van der Waals surface area contributed by atoms with Crippen molar-refractivity contribution in [2.75, 3.05) is 20.1 Å². The zero-order valence-corrected chi connectivity index (χ0v) is 11.1. The number of carbonyl (C=O) groups excluding carboxylic acids is 1. The number of nitrogens with one attached hydrogen (secondary N) is 2. The Morgan fingerprint density at radius 2 is 2.38 bits per heavy atom. The topological polar surface area (TPSA) is 53.5 Å². The fourth-order valence-corrected chi connectivity index (χ4v) is 2.85. The summed E-state index contributed by atoms with van der Waals surface area (Å²) < 4.78 is 0. The van der Waals surface area contributed by atoms with Crippen molar-refractivity contribution < 1.29 is 4.79 Å². The Kier molecular flexibility index (Phi) is 5.66. The summed E-state index contributed by atoms with van der Waals surface area (Å²) in [5.41, 5.74) is 0. The van der Waals surface area contributed by atoms with Crippen LogP contribution in [0.25, 0.3) is 0 Å². The number of carbonyl (C=O) groups is 1. The Morgan fingerprint density at radius 1 is 1.62 bits per heavy atom. The highest BCUT2D eigenvalue weighted by molar-refractivity contribution is 8.14. The van der Waals surface area contributed by atoms with Gasteiger partial charge in [-0.15, -0.1) is 0 Å². The maximum absolute atomic E-state index is 11.0. The third-order valence-corrected chi connectivity index (χ3v) is 3.53. The van der Waals surface area contributed by atoms with Crippen LogP contribution < -0.4 is 10.6 Å². The molecule has 0 fully saturated rings. The van der Waals surface area contributed by atoms with Gasteiger partial charge in [-0.1, -0.05) is 25.6 Å². The first-order chi connectivity index (χ1) is 7.61. The van der Waals surface area contributed by atoms with Crippen molar-refractivity contribution in [2.45, 2.75) is 31.9 Å². The molecular weight excluding hydrogens is 222 g/mol. The van der Waals surface area contributed by atoms with Crippen molar-refractivity contribution in [3.8, 4) is 0 Å². The van der Waals surface area contributed by atoms with Gasteiger partial charge >= 0.3 is 0 Å². The van der Waals surface area contributed by atoms with E-state index in [1.54, 1.807) is 18.8 Å². The molecule has 1 amide bonds. The van der Waals surface area contributed by atoms with E-state index in [2.05, 4.69) is 29.5 Å². The summed E-state index contributed by atoms with van der Waals surface area (Å²) >= 11 is 1.81. The molecule has 0 saturated heterocycles. The summed E-state index contributed by atoms with van der Waals surface area (Å²) in [7, 11) is 1.66. The molecule has 1 unspecified atom stereocenters. The van der Waals surface area contributed by atoms with E-state index in [0.29, 0.717) is 18.2 Å². The molecule has 92 valence electrons. The van der Waals surface area contributed by atoms with Crippen LogP contribution in [0.4, 0.5) is 0 Å². The Labute approximate surface area is 102 Å². The summed E-state index contributed by atoms with van der Waals surface area (Å²) in [6.45, 7) is 6.04. The summed E-state index contributed by atoms with van der Waals surface area (Å²) in [6, 6.07) is 0. The maximum Gasteiger partial charge on any atom is 0.221 e. The van der Waals surface area contributed by atoms with Gasteiger partial charge in [-0.25, -0.2) is 0 Å². The van der Waals surface area contributed by atoms with Gasteiger partial charge in [0.25, 0.3) is 0 Å². The van der Waals surface area contributed by atoms with Crippen LogP contribution in [0.2, 0.25) is 0 Å². The molecule has 0 saturated carbocycles. The van der Waals surface area contributed by atoms with Gasteiger partial charge in [-0.3, -0.25) is 9.79 Å². The third-order valence-electron chi connectivity index (χ3n) is 2.36. The SMILES string of the molecule is CNC(=O)CCNC1=NCC(CC(C)C)S1. The van der Waals surface area contributed by atoms with Crippen LogP contribution in [0, 0.1) is 5.92 Å². The Hall–Kier alpha value is -0.710. The predicted molar refractivity (Wildman–Crippen MR) is 69.8 cm³/mol. The molecule has 0 aromatic heterocycles. The second-order valence-corrected chi connectivity index (χ2v) is 5.65. The van der Waals surface area contributed by atoms with Gasteiger partial charge in [-0.05, 0) is 12.3 Å². The highest BCUT2D eigenvalue weighted by Crippen LogP contribution is 2.25. The molecule has 0 spiro atoms. The molecule has 1 aliphatic heterocycles. The van der Waals surface area contributed by atoms with Gasteiger partial charge in [0.2, 0.25) is 5.91 Å². The van der Waals surface area contributed by atoms with Crippen LogP contribution in [-0.2, 0) is 4.79 Å². The van der Waals surface area contributed by atoms with Gasteiger partial charge in [0.1, 0.15) is 0 Å². The molecule has 4 nitrogen and oxygen atoms in total. The van der Waals surface area contributed by atoms with Crippen molar-refractivity contribution in [3.05, 3.63) is 0 Å². The highest BCUT2D eigenvalue weighted by atomic mass is 32.2. The van der Waals surface area contributed by atoms with E-state index < -0.39 is 0 Å². The fourth-order valence-electron chi connectivity index (χ4n) is 1.57. The van der Waals surface area contributed by atoms with E-state index >= 15 is 0 Å². The van der Waals surface area contributed by atoms with E-state index in [4.69, 9.17) is 0 Å². The molecule has 0 aliphatic carbocycles. The average molecular weight is 243 g/mol. The van der Waals surface area contributed by atoms with Crippen LogP contribution in [0.1, 0.15) is 26.7 Å². The third kappa shape index (κ3) is 4.88. The van der Waals surface area contributed by atoms with Crippen LogP contribution in [0.3, 0.4) is 0 Å². The predicted octanol–water partition coefficient (Wildman–Crippen LogP) is 1.23. The average Bonchev–Trinajstić information content (AvgIpc) is 2.64. The summed E-state index contributed by atoms with van der Waals surface area (Å²) in [5, 5.41) is 7.41. The number of rotatable bonds is 5. The lowest BCUT2D eigenvalue weighted by Crippen LogP contribution is -2.27. The second-order valence-electron chi connectivity index (χ2n) is 4.37. The number of amides is 1. The Morgan fingerprint density at radius 3 is 3.00 bits per heavy atom. The summed E-state index contributed by atoms with van der Waals surface area (Å²) in [5.74, 6) is 0.785. The van der Waals surface area contributed by atoms with Crippen molar-refractivity contribution in [3.63, 3.8) is 0 Å². The molecule has 0 aromatic rings. The van der Waals surface area contributed by atoms with Crippen LogP contribution in [0.15, 0.2) is 4.99 Å². The fraction of sp³-hybridized carbons (Fsp3) is 0.818. The van der Waals surface area contributed by atoms with Crippen LogP contribution in [0.5, 0.6) is 0 Å². The first-order valence-corrected chi connectivity index (χ1v) is 6.65. The van der Waals surface area contributed by atoms with E-state index in [9.17, 15) is 4.79 Å². The van der Waals surface area contributed by atoms with Gasteiger partial charge < -0.3 is 10.6 Å². The van der Waals surface area contributed by atoms with E-state index in [-0.39, 0.29) is 5.91 Å². The second kappa shape index (κ2) is 6.78. The highest BCUT2D eigenvalue weighted by Gasteiger charge is 2.20. The Bertz CT molecular complexity index is 266. The number of nitrogens with zero attached hydrogens (tertiary/aromatic N) is 1. The first kappa shape index (κ1) is 13.4. The minimum atomic E-state index is 0.0647. The molecule has 1 aliphatic rings. The lowest BCUT2D eigenvalue weighted by Gasteiger charge is -2.11. The van der Waals surface area contributed by atoms with Crippen molar-refractivity contribution in [2.24, 2.45) is 10.9 Å². The van der Waals surface area contributed by atoms with E-state index in [1.165, 1.54) is 6.42 Å². The molecule has 0 bridgehead atoms. The summed E-state index contributed by atoms with van der Waals surface area (Å²) in [6.07, 6.45) is 1.71. The Balaban J connectivity index is 2.14. The quantitative estimate of drug-likeness (QED) is 0.763. The number of amidine groups is 1. The standard InChI is InChI=1S/C11H21N3OS/c1-8(2)6-9-7-14-11(16-9)13-5-4-10(15)12-3/h8-9H,4-7H2,1-3H3,(H,12,15)(H,13,14). The minimum Gasteiger partial charge on any atom is -0.364 e. The van der Waals surface area contributed by atoms with Crippen molar-refractivity contribution in [1.82, 2.24) is 10.6 Å². The lowest BCUT2D eigenvalue weighted by atomic mass is 10.1. The minimum absolute atomic E-state index is 0.0647. The molecule has 16 heavy (non-hydrogen) atoms. The normalized spacial score (nSPS) is 19.8. The van der Waals surface area contributed by atoms with Crippen LogP contribution >= 0.6 is 11.8 Å². The van der Waals surface area contributed by atoms with E-state index in [1.807, 2.05) is 0 Å². The number of hydrogen-bond acceptors (Lipinski definition) is 4. The molecule has 0 radical (unpaired) electrons. The monoisotopic (exact) mass is 243 g/mol. The van der Waals surface area contributed by atoms with E-state index in [0.717, 1.165) is 17.6 Å². The molecular formula is C11H21N3OS. The zero-order chi connectivity index (χ0) is 12.0. The smallest absolute Gasteiger partial charge is 0.221 e. The molecule has 0 aromatic carbocycles. The zero-order valence-electron chi connectivity index (χ0n) is 10.2. The van der Waals surface area contributed by atoms with Crippen molar-refractivity contribution >= 4 is 22.8 Å². The largest absolute Gasteiger partial charge is 0.364 e.